The summed E-state index contributed by atoms with van der Waals surface area (Å²) in [6.45, 7) is 1.04. The van der Waals surface area contributed by atoms with Crippen molar-refractivity contribution in [2.24, 2.45) is 5.92 Å². The van der Waals surface area contributed by atoms with Gasteiger partial charge in [0.05, 0.1) is 18.2 Å². The summed E-state index contributed by atoms with van der Waals surface area (Å²) in [6, 6.07) is 3.90. The van der Waals surface area contributed by atoms with E-state index in [1.165, 1.54) is 38.5 Å². The number of anilines is 1. The third-order valence-electron chi connectivity index (χ3n) is 4.29. The van der Waals surface area contributed by atoms with Crippen molar-refractivity contribution in [1.82, 2.24) is 14.5 Å². The molecular weight excluding hydrogens is 248 g/mol. The summed E-state index contributed by atoms with van der Waals surface area (Å²) in [5.74, 6) is 1.45. The molecule has 0 bridgehead atoms. The van der Waals surface area contributed by atoms with Crippen molar-refractivity contribution < 1.29 is 0 Å². The zero-order chi connectivity index (χ0) is 13.8. The molecule has 2 heterocycles. The van der Waals surface area contributed by atoms with E-state index in [-0.39, 0.29) is 0 Å². The van der Waals surface area contributed by atoms with Crippen molar-refractivity contribution in [1.29, 1.82) is 0 Å². The van der Waals surface area contributed by atoms with Gasteiger partial charge in [-0.05, 0) is 24.5 Å². The second-order valence-electron chi connectivity index (χ2n) is 5.73. The Bertz CT molecular complexity index is 555. The Labute approximate surface area is 120 Å². The van der Waals surface area contributed by atoms with Gasteiger partial charge in [0.25, 0.3) is 0 Å². The fourth-order valence-corrected chi connectivity index (χ4v) is 3.14. The van der Waals surface area contributed by atoms with E-state index in [1.54, 1.807) is 6.20 Å². The summed E-state index contributed by atoms with van der Waals surface area (Å²) < 4.78 is 2.24. The van der Waals surface area contributed by atoms with Crippen LogP contribution in [0.2, 0.25) is 0 Å². The zero-order valence-corrected chi connectivity index (χ0v) is 11.8. The van der Waals surface area contributed by atoms with Crippen LogP contribution in [0, 0.1) is 5.92 Å². The number of nitrogens with zero attached hydrogens (tertiary/aromatic N) is 3. The van der Waals surface area contributed by atoms with E-state index in [4.69, 9.17) is 5.73 Å². The average molecular weight is 270 g/mol. The molecule has 4 heteroatoms. The Morgan fingerprint density at radius 2 is 2.10 bits per heavy atom. The van der Waals surface area contributed by atoms with Gasteiger partial charge >= 0.3 is 0 Å². The third-order valence-corrected chi connectivity index (χ3v) is 4.29. The Hall–Kier alpha value is -1.84. The predicted octanol–water partition coefficient (Wildman–Crippen LogP) is 3.50. The maximum Gasteiger partial charge on any atom is 0.123 e. The molecule has 1 fully saturated rings. The van der Waals surface area contributed by atoms with Gasteiger partial charge in [-0.1, -0.05) is 32.1 Å². The van der Waals surface area contributed by atoms with E-state index >= 15 is 0 Å². The van der Waals surface area contributed by atoms with E-state index in [0.29, 0.717) is 5.82 Å². The monoisotopic (exact) mass is 270 g/mol. The lowest BCUT2D eigenvalue weighted by Gasteiger charge is -2.22. The normalized spacial score (nSPS) is 16.4. The van der Waals surface area contributed by atoms with Crippen LogP contribution >= 0.6 is 0 Å². The van der Waals surface area contributed by atoms with Gasteiger partial charge < -0.3 is 10.3 Å². The van der Waals surface area contributed by atoms with Gasteiger partial charge in [-0.15, -0.1) is 0 Å². The summed E-state index contributed by atoms with van der Waals surface area (Å²) in [5, 5.41) is 0. The highest BCUT2D eigenvalue weighted by Gasteiger charge is 2.14. The van der Waals surface area contributed by atoms with E-state index in [9.17, 15) is 0 Å². The molecule has 2 aromatic rings. The highest BCUT2D eigenvalue weighted by Crippen LogP contribution is 2.28. The number of aryl methyl sites for hydroxylation is 1. The molecule has 0 aliphatic heterocycles. The van der Waals surface area contributed by atoms with E-state index < -0.39 is 0 Å². The summed E-state index contributed by atoms with van der Waals surface area (Å²) in [7, 11) is 0. The van der Waals surface area contributed by atoms with Gasteiger partial charge in [-0.25, -0.2) is 9.97 Å². The van der Waals surface area contributed by atoms with Crippen LogP contribution in [-0.4, -0.2) is 14.5 Å². The standard InChI is InChI=1S/C16H22N4/c17-16-10-14(6-8-19-16)15-11-18-12-20(15)9-7-13-4-2-1-3-5-13/h6,8,10-13H,1-5,7,9H2,(H2,17,19). The molecule has 1 aliphatic rings. The van der Waals surface area contributed by atoms with Crippen LogP contribution < -0.4 is 5.73 Å². The number of hydrogen-bond donors (Lipinski definition) is 1. The second kappa shape index (κ2) is 6.07. The first kappa shape index (κ1) is 13.2. The fraction of sp³-hybridized carbons (Fsp3) is 0.500. The highest BCUT2D eigenvalue weighted by atomic mass is 15.0. The number of hydrogen-bond acceptors (Lipinski definition) is 3. The summed E-state index contributed by atoms with van der Waals surface area (Å²) in [6.07, 6.45) is 13.9. The molecule has 0 aromatic carbocycles. The van der Waals surface area contributed by atoms with Crippen molar-refractivity contribution in [3.05, 3.63) is 30.9 Å². The lowest BCUT2D eigenvalue weighted by molar-refractivity contribution is 0.324. The highest BCUT2D eigenvalue weighted by molar-refractivity contribution is 5.61. The summed E-state index contributed by atoms with van der Waals surface area (Å²) >= 11 is 0. The molecule has 2 aromatic heterocycles. The molecule has 3 rings (SSSR count). The molecule has 0 unspecified atom stereocenters. The first-order valence-corrected chi connectivity index (χ1v) is 7.55. The van der Waals surface area contributed by atoms with E-state index in [0.717, 1.165) is 23.7 Å². The minimum Gasteiger partial charge on any atom is -0.384 e. The smallest absolute Gasteiger partial charge is 0.123 e. The minimum absolute atomic E-state index is 0.558. The molecule has 0 spiro atoms. The number of imidazole rings is 1. The van der Waals surface area contributed by atoms with Gasteiger partial charge in [0.15, 0.2) is 0 Å². The first-order chi connectivity index (χ1) is 9.83. The van der Waals surface area contributed by atoms with Crippen molar-refractivity contribution in [3.63, 3.8) is 0 Å². The van der Waals surface area contributed by atoms with Gasteiger partial charge in [-0.3, -0.25) is 0 Å². The molecule has 1 saturated carbocycles. The van der Waals surface area contributed by atoms with Crippen molar-refractivity contribution in [2.75, 3.05) is 5.73 Å². The van der Waals surface area contributed by atoms with Crippen molar-refractivity contribution in [3.8, 4) is 11.3 Å². The van der Waals surface area contributed by atoms with Crippen LogP contribution in [0.5, 0.6) is 0 Å². The van der Waals surface area contributed by atoms with E-state index in [2.05, 4.69) is 14.5 Å². The Kier molecular flexibility index (Phi) is 4.00. The minimum atomic E-state index is 0.558. The lowest BCUT2D eigenvalue weighted by atomic mass is 9.87. The van der Waals surface area contributed by atoms with Gasteiger partial charge in [0, 0.05) is 18.3 Å². The molecule has 1 aliphatic carbocycles. The molecular formula is C16H22N4. The fourth-order valence-electron chi connectivity index (χ4n) is 3.14. The maximum atomic E-state index is 5.76. The lowest BCUT2D eigenvalue weighted by Crippen LogP contribution is -2.10. The van der Waals surface area contributed by atoms with Crippen molar-refractivity contribution in [2.45, 2.75) is 45.1 Å². The largest absolute Gasteiger partial charge is 0.384 e. The van der Waals surface area contributed by atoms with Crippen LogP contribution in [0.3, 0.4) is 0 Å². The van der Waals surface area contributed by atoms with Gasteiger partial charge in [-0.2, -0.15) is 0 Å². The number of aromatic nitrogens is 3. The van der Waals surface area contributed by atoms with Crippen LogP contribution in [0.15, 0.2) is 30.9 Å². The third kappa shape index (κ3) is 3.00. The van der Waals surface area contributed by atoms with Crippen molar-refractivity contribution >= 4 is 5.82 Å². The number of nitrogens with two attached hydrogens (primary N) is 1. The Morgan fingerprint density at radius 3 is 2.90 bits per heavy atom. The molecule has 0 amide bonds. The Balaban J connectivity index is 1.70. The molecule has 0 saturated heterocycles. The van der Waals surface area contributed by atoms with Crippen LogP contribution in [0.25, 0.3) is 11.3 Å². The molecule has 2 N–H and O–H groups in total. The molecule has 106 valence electrons. The van der Waals surface area contributed by atoms with Crippen LogP contribution in [0.1, 0.15) is 38.5 Å². The molecule has 20 heavy (non-hydrogen) atoms. The Morgan fingerprint density at radius 1 is 1.25 bits per heavy atom. The SMILES string of the molecule is Nc1cc(-c2cncn2CCC2CCCCC2)ccn1. The average Bonchev–Trinajstić information content (AvgIpc) is 2.95. The summed E-state index contributed by atoms with van der Waals surface area (Å²) in [4.78, 5) is 8.34. The second-order valence-corrected chi connectivity index (χ2v) is 5.73. The molecule has 0 radical (unpaired) electrons. The maximum absolute atomic E-state index is 5.76. The predicted molar refractivity (Wildman–Crippen MR) is 81.1 cm³/mol. The zero-order valence-electron chi connectivity index (χ0n) is 11.8. The number of pyridine rings is 1. The van der Waals surface area contributed by atoms with Gasteiger partial charge in [0.1, 0.15) is 5.82 Å². The molecule has 0 atom stereocenters. The number of nitrogen functional groups attached to an aromatic ring is 1. The number of rotatable bonds is 4. The quantitative estimate of drug-likeness (QED) is 0.925. The van der Waals surface area contributed by atoms with Crippen LogP contribution in [0.4, 0.5) is 5.82 Å². The van der Waals surface area contributed by atoms with E-state index in [1.807, 2.05) is 24.7 Å². The van der Waals surface area contributed by atoms with Gasteiger partial charge in [0.2, 0.25) is 0 Å². The molecule has 4 nitrogen and oxygen atoms in total. The first-order valence-electron chi connectivity index (χ1n) is 7.55. The summed E-state index contributed by atoms with van der Waals surface area (Å²) in [5.41, 5.74) is 7.99. The van der Waals surface area contributed by atoms with Crippen LogP contribution in [-0.2, 0) is 6.54 Å². The topological polar surface area (TPSA) is 56.7 Å².